The van der Waals surface area contributed by atoms with Crippen molar-refractivity contribution in [2.24, 2.45) is 0 Å². The van der Waals surface area contributed by atoms with Gasteiger partial charge in [0.1, 0.15) is 0 Å². The monoisotopic (exact) mass is 280 g/mol. The van der Waals surface area contributed by atoms with Crippen molar-refractivity contribution in [2.45, 2.75) is 65.3 Å². The van der Waals surface area contributed by atoms with Crippen molar-refractivity contribution >= 4 is 5.91 Å². The fraction of sp³-hybridized carbons (Fsp3) is 0.824. The van der Waals surface area contributed by atoms with Crippen molar-refractivity contribution in [3.63, 3.8) is 0 Å². The largest absolute Gasteiger partial charge is 0.337 e. The van der Waals surface area contributed by atoms with E-state index in [1.165, 1.54) is 32.1 Å². The van der Waals surface area contributed by atoms with Gasteiger partial charge in [0.15, 0.2) is 0 Å². The summed E-state index contributed by atoms with van der Waals surface area (Å²) in [6.45, 7) is 10.4. The normalized spacial score (nSPS) is 17.3. The highest BCUT2D eigenvalue weighted by Gasteiger charge is 2.20. The minimum Gasteiger partial charge on any atom is -0.337 e. The Morgan fingerprint density at radius 3 is 2.30 bits per heavy atom. The van der Waals surface area contributed by atoms with E-state index in [1.807, 2.05) is 4.90 Å². The molecule has 1 rings (SSSR count). The Morgan fingerprint density at radius 2 is 1.70 bits per heavy atom. The van der Waals surface area contributed by atoms with E-state index < -0.39 is 0 Å². The van der Waals surface area contributed by atoms with Gasteiger partial charge in [-0.2, -0.15) is 0 Å². The van der Waals surface area contributed by atoms with Crippen molar-refractivity contribution in [2.75, 3.05) is 26.2 Å². The standard InChI is InChI=1S/C17H32N2O/c1-4-5-6-7-8-9-10-11-17(20)19-14-12-18(13-15-19)16(2)3/h10-11,16H,4-9,12-15H2,1-3H3. The first kappa shape index (κ1) is 17.2. The predicted molar refractivity (Wildman–Crippen MR) is 85.8 cm³/mol. The van der Waals surface area contributed by atoms with Crippen LogP contribution in [0.25, 0.3) is 0 Å². The maximum Gasteiger partial charge on any atom is 0.246 e. The lowest BCUT2D eigenvalue weighted by molar-refractivity contribution is -0.128. The number of piperazine rings is 1. The second kappa shape index (κ2) is 9.98. The van der Waals surface area contributed by atoms with Crippen LogP contribution in [0.2, 0.25) is 0 Å². The molecule has 1 amide bonds. The minimum absolute atomic E-state index is 0.196. The Morgan fingerprint density at radius 1 is 1.05 bits per heavy atom. The van der Waals surface area contributed by atoms with Crippen molar-refractivity contribution in [1.29, 1.82) is 0 Å². The molecule has 116 valence electrons. The highest BCUT2D eigenvalue weighted by Crippen LogP contribution is 2.08. The molecule has 0 unspecified atom stereocenters. The number of carbonyl (C=O) groups is 1. The number of rotatable bonds is 8. The molecule has 1 saturated heterocycles. The molecule has 0 N–H and O–H groups in total. The van der Waals surface area contributed by atoms with Gasteiger partial charge in [-0.25, -0.2) is 0 Å². The molecule has 1 fully saturated rings. The van der Waals surface area contributed by atoms with E-state index in [4.69, 9.17) is 0 Å². The molecule has 0 spiro atoms. The molecule has 3 nitrogen and oxygen atoms in total. The fourth-order valence-electron chi connectivity index (χ4n) is 2.61. The number of unbranched alkanes of at least 4 members (excludes halogenated alkanes) is 5. The van der Waals surface area contributed by atoms with Crippen LogP contribution in [-0.4, -0.2) is 47.9 Å². The molecular weight excluding hydrogens is 248 g/mol. The van der Waals surface area contributed by atoms with Crippen LogP contribution in [0.5, 0.6) is 0 Å². The smallest absolute Gasteiger partial charge is 0.246 e. The van der Waals surface area contributed by atoms with Crippen molar-refractivity contribution in [1.82, 2.24) is 9.80 Å². The SMILES string of the molecule is CCCCCCCC=CC(=O)N1CCN(C(C)C)CC1. The van der Waals surface area contributed by atoms with Crippen molar-refractivity contribution < 1.29 is 4.79 Å². The molecular formula is C17H32N2O. The van der Waals surface area contributed by atoms with Crippen molar-refractivity contribution in [3.8, 4) is 0 Å². The summed E-state index contributed by atoms with van der Waals surface area (Å²) in [5, 5.41) is 0. The van der Waals surface area contributed by atoms with Crippen LogP contribution >= 0.6 is 0 Å². The van der Waals surface area contributed by atoms with E-state index in [2.05, 4.69) is 31.7 Å². The zero-order chi connectivity index (χ0) is 14.8. The maximum absolute atomic E-state index is 12.0. The first-order valence-electron chi connectivity index (χ1n) is 8.34. The fourth-order valence-corrected chi connectivity index (χ4v) is 2.61. The van der Waals surface area contributed by atoms with E-state index in [1.54, 1.807) is 6.08 Å². The Labute approximate surface area is 125 Å². The molecule has 0 aromatic rings. The van der Waals surface area contributed by atoms with Gasteiger partial charge in [0.25, 0.3) is 0 Å². The average Bonchev–Trinajstić information content (AvgIpc) is 2.46. The minimum atomic E-state index is 0.196. The van der Waals surface area contributed by atoms with Gasteiger partial charge < -0.3 is 4.90 Å². The van der Waals surface area contributed by atoms with Crippen LogP contribution in [0.3, 0.4) is 0 Å². The summed E-state index contributed by atoms with van der Waals surface area (Å²) in [4.78, 5) is 16.4. The molecule has 0 aliphatic carbocycles. The zero-order valence-corrected chi connectivity index (χ0v) is 13.6. The number of amides is 1. The topological polar surface area (TPSA) is 23.6 Å². The Kier molecular flexibility index (Phi) is 8.59. The van der Waals surface area contributed by atoms with Crippen molar-refractivity contribution in [3.05, 3.63) is 12.2 Å². The first-order chi connectivity index (χ1) is 9.65. The van der Waals surface area contributed by atoms with E-state index in [0.717, 1.165) is 32.6 Å². The Balaban J connectivity index is 2.13. The molecule has 1 aliphatic heterocycles. The van der Waals surface area contributed by atoms with Gasteiger partial charge in [0.2, 0.25) is 5.91 Å². The summed E-state index contributed by atoms with van der Waals surface area (Å²) in [5.74, 6) is 0.196. The lowest BCUT2D eigenvalue weighted by atomic mass is 10.1. The molecule has 0 radical (unpaired) electrons. The molecule has 0 bridgehead atoms. The quantitative estimate of drug-likeness (QED) is 0.502. The van der Waals surface area contributed by atoms with Crippen LogP contribution in [0, 0.1) is 0 Å². The summed E-state index contributed by atoms with van der Waals surface area (Å²) < 4.78 is 0. The van der Waals surface area contributed by atoms with E-state index in [-0.39, 0.29) is 5.91 Å². The number of nitrogens with zero attached hydrogens (tertiary/aromatic N) is 2. The van der Waals surface area contributed by atoms with Gasteiger partial charge in [0, 0.05) is 32.2 Å². The predicted octanol–water partition coefficient (Wildman–Crippen LogP) is 3.46. The van der Waals surface area contributed by atoms with Crippen LogP contribution < -0.4 is 0 Å². The average molecular weight is 280 g/mol. The summed E-state index contributed by atoms with van der Waals surface area (Å²) >= 11 is 0. The van der Waals surface area contributed by atoms with Gasteiger partial charge in [-0.15, -0.1) is 0 Å². The van der Waals surface area contributed by atoms with Gasteiger partial charge in [-0.1, -0.05) is 38.7 Å². The van der Waals surface area contributed by atoms with Gasteiger partial charge >= 0.3 is 0 Å². The number of hydrogen-bond acceptors (Lipinski definition) is 2. The zero-order valence-electron chi connectivity index (χ0n) is 13.6. The van der Waals surface area contributed by atoms with Gasteiger partial charge in [-0.05, 0) is 32.8 Å². The van der Waals surface area contributed by atoms with E-state index >= 15 is 0 Å². The molecule has 1 heterocycles. The summed E-state index contributed by atoms with van der Waals surface area (Å²) in [5.41, 5.74) is 0. The van der Waals surface area contributed by atoms with Crippen LogP contribution in [0.1, 0.15) is 59.3 Å². The molecule has 0 aromatic carbocycles. The third-order valence-corrected chi connectivity index (χ3v) is 4.09. The number of carbonyl (C=O) groups excluding carboxylic acids is 1. The molecule has 0 saturated carbocycles. The first-order valence-corrected chi connectivity index (χ1v) is 8.34. The van der Waals surface area contributed by atoms with Gasteiger partial charge in [-0.3, -0.25) is 9.69 Å². The van der Waals surface area contributed by atoms with Crippen LogP contribution in [-0.2, 0) is 4.79 Å². The second-order valence-electron chi connectivity index (χ2n) is 6.06. The molecule has 1 aliphatic rings. The molecule has 20 heavy (non-hydrogen) atoms. The maximum atomic E-state index is 12.0. The van der Waals surface area contributed by atoms with Crippen LogP contribution in [0.15, 0.2) is 12.2 Å². The summed E-state index contributed by atoms with van der Waals surface area (Å²) in [6.07, 6.45) is 11.3. The Bertz CT molecular complexity index is 291. The molecule has 0 atom stereocenters. The Hall–Kier alpha value is -0.830. The summed E-state index contributed by atoms with van der Waals surface area (Å²) in [7, 11) is 0. The number of allylic oxidation sites excluding steroid dienone is 1. The summed E-state index contributed by atoms with van der Waals surface area (Å²) in [6, 6.07) is 0.589. The lowest BCUT2D eigenvalue weighted by Crippen LogP contribution is -2.50. The van der Waals surface area contributed by atoms with Gasteiger partial charge in [0.05, 0.1) is 0 Å². The highest BCUT2D eigenvalue weighted by molar-refractivity contribution is 5.87. The third-order valence-electron chi connectivity index (χ3n) is 4.09. The molecule has 0 aromatic heterocycles. The molecule has 3 heteroatoms. The number of hydrogen-bond donors (Lipinski definition) is 0. The highest BCUT2D eigenvalue weighted by atomic mass is 16.2. The lowest BCUT2D eigenvalue weighted by Gasteiger charge is -2.36. The van der Waals surface area contributed by atoms with Crippen LogP contribution in [0.4, 0.5) is 0 Å². The third kappa shape index (κ3) is 6.56. The van der Waals surface area contributed by atoms with E-state index in [0.29, 0.717) is 6.04 Å². The second-order valence-corrected chi connectivity index (χ2v) is 6.06. The van der Waals surface area contributed by atoms with E-state index in [9.17, 15) is 4.79 Å².